The summed E-state index contributed by atoms with van der Waals surface area (Å²) in [4.78, 5) is 0. The van der Waals surface area contributed by atoms with E-state index in [1.165, 1.54) is 0 Å². The third-order valence-electron chi connectivity index (χ3n) is 0. The van der Waals surface area contributed by atoms with Gasteiger partial charge in [0.2, 0.25) is 0 Å². The fourth-order valence-corrected chi connectivity index (χ4v) is 0. The SMILES string of the molecule is O=S(=O)([O-])[O-].[Br-].[Mg+2].[Mg+2]. The van der Waals surface area contributed by atoms with Gasteiger partial charge in [-0.25, -0.2) is 0 Å². The molecule has 0 aliphatic carbocycles. The van der Waals surface area contributed by atoms with E-state index in [4.69, 9.17) is 17.5 Å². The average Bonchev–Trinajstić information content (AvgIpc) is 0.722. The molecule has 8 heavy (non-hydrogen) atoms. The van der Waals surface area contributed by atoms with Gasteiger partial charge in [0.15, 0.2) is 0 Å². The Morgan fingerprint density at radius 1 is 1.00 bits per heavy atom. The maximum Gasteiger partial charge on any atom is 2.00 e. The molecule has 0 unspecified atom stereocenters. The number of hydrogen-bond donors (Lipinski definition) is 0. The summed E-state index contributed by atoms with van der Waals surface area (Å²) in [5, 5.41) is 0. The van der Waals surface area contributed by atoms with Crippen LogP contribution < -0.4 is 17.0 Å². The summed E-state index contributed by atoms with van der Waals surface area (Å²) in [7, 11) is -5.17. The van der Waals surface area contributed by atoms with Gasteiger partial charge in [-0.2, -0.15) is 0 Å². The van der Waals surface area contributed by atoms with E-state index in [1.807, 2.05) is 0 Å². The molecule has 0 spiro atoms. The van der Waals surface area contributed by atoms with E-state index in [0.717, 1.165) is 0 Å². The summed E-state index contributed by atoms with van der Waals surface area (Å²) >= 11 is 0. The van der Waals surface area contributed by atoms with Crippen molar-refractivity contribution in [1.29, 1.82) is 0 Å². The first-order valence-electron chi connectivity index (χ1n) is 0.667. The molecule has 0 aliphatic heterocycles. The van der Waals surface area contributed by atoms with Crippen molar-refractivity contribution in [2.24, 2.45) is 0 Å². The van der Waals surface area contributed by atoms with Crippen LogP contribution in [0.1, 0.15) is 0 Å². The van der Waals surface area contributed by atoms with E-state index in [9.17, 15) is 0 Å². The van der Waals surface area contributed by atoms with Crippen molar-refractivity contribution >= 4 is 56.5 Å². The molecule has 0 heterocycles. The summed E-state index contributed by atoms with van der Waals surface area (Å²) in [6.45, 7) is 0. The quantitative estimate of drug-likeness (QED) is 0.234. The smallest absolute Gasteiger partial charge is 1.00 e. The summed E-state index contributed by atoms with van der Waals surface area (Å²) in [6.07, 6.45) is 0. The molecule has 0 atom stereocenters. The molecule has 0 fully saturated rings. The molecule has 0 saturated heterocycles. The van der Waals surface area contributed by atoms with Crippen LogP contribution in [0.4, 0.5) is 0 Å². The second-order valence-electron chi connectivity index (χ2n) is 0.408. The number of rotatable bonds is 0. The molecule has 0 aliphatic rings. The first-order valence-corrected chi connectivity index (χ1v) is 2.00. The Balaban J connectivity index is -0.0000000267. The normalized spacial score (nSPS) is 7.25. The molecule has 0 aromatic rings. The standard InChI is InChI=1S/BrH.2Mg.H2O4S/c;;;1-5(2,3)4/h1H;;;(H2,1,2,3,4)/q;2*+2;/p-3. The molecule has 40 valence electrons. The van der Waals surface area contributed by atoms with Crippen molar-refractivity contribution in [2.45, 2.75) is 0 Å². The third-order valence-corrected chi connectivity index (χ3v) is 0. The first-order chi connectivity index (χ1) is 2.00. The molecule has 0 saturated carbocycles. The first kappa shape index (κ1) is 22.5. The van der Waals surface area contributed by atoms with Crippen molar-refractivity contribution in [3.05, 3.63) is 0 Å². The van der Waals surface area contributed by atoms with Crippen LogP contribution in [0, 0.1) is 0 Å². The van der Waals surface area contributed by atoms with E-state index < -0.39 is 10.4 Å². The molecule has 0 amide bonds. The van der Waals surface area contributed by atoms with Crippen LogP contribution in [-0.2, 0) is 10.4 Å². The molecule has 0 radical (unpaired) electrons. The Morgan fingerprint density at radius 2 is 1.00 bits per heavy atom. The van der Waals surface area contributed by atoms with E-state index in [0.29, 0.717) is 0 Å². The van der Waals surface area contributed by atoms with Gasteiger partial charge in [-0.05, 0) is 0 Å². The zero-order valence-electron chi connectivity index (χ0n) is 3.83. The average molecular weight is 225 g/mol. The monoisotopic (exact) mass is 223 g/mol. The Hall–Kier alpha value is 1.88. The van der Waals surface area contributed by atoms with Crippen LogP contribution in [0.2, 0.25) is 0 Å². The van der Waals surface area contributed by atoms with E-state index in [-0.39, 0.29) is 63.1 Å². The van der Waals surface area contributed by atoms with E-state index >= 15 is 0 Å². The summed E-state index contributed by atoms with van der Waals surface area (Å²) in [5.74, 6) is 0. The molecule has 8 heteroatoms. The molecule has 0 aromatic carbocycles. The minimum atomic E-state index is -5.17. The van der Waals surface area contributed by atoms with Gasteiger partial charge in [0.05, 0.1) is 0 Å². The molecule has 4 nitrogen and oxygen atoms in total. The Bertz CT molecular complexity index is 97.2. The van der Waals surface area contributed by atoms with Crippen LogP contribution in [0.15, 0.2) is 0 Å². The maximum absolute atomic E-state index is 8.52. The van der Waals surface area contributed by atoms with Crippen LogP contribution in [0.25, 0.3) is 0 Å². The van der Waals surface area contributed by atoms with Crippen molar-refractivity contribution in [2.75, 3.05) is 0 Å². The molecule has 0 rings (SSSR count). The number of hydrogen-bond acceptors (Lipinski definition) is 4. The second-order valence-corrected chi connectivity index (χ2v) is 1.22. The summed E-state index contributed by atoms with van der Waals surface area (Å²) < 4.78 is 34.1. The maximum atomic E-state index is 8.52. The van der Waals surface area contributed by atoms with Crippen molar-refractivity contribution < 1.29 is 34.5 Å². The molecule has 0 bridgehead atoms. The fraction of sp³-hybridized carbons (Fsp3) is 0. The van der Waals surface area contributed by atoms with Crippen LogP contribution in [-0.4, -0.2) is 63.6 Å². The van der Waals surface area contributed by atoms with Gasteiger partial charge in [-0.1, -0.05) is 0 Å². The second kappa shape index (κ2) is 8.88. The van der Waals surface area contributed by atoms with E-state index in [2.05, 4.69) is 0 Å². The number of halogens is 1. The summed E-state index contributed by atoms with van der Waals surface area (Å²) in [6, 6.07) is 0. The Labute approximate surface area is 90.1 Å². The van der Waals surface area contributed by atoms with Crippen molar-refractivity contribution in [1.82, 2.24) is 0 Å². The Morgan fingerprint density at radius 3 is 1.00 bits per heavy atom. The third kappa shape index (κ3) is 105. The molecular formula is BrMg2O4S+. The fourth-order valence-electron chi connectivity index (χ4n) is 0. The van der Waals surface area contributed by atoms with Gasteiger partial charge >= 0.3 is 46.1 Å². The van der Waals surface area contributed by atoms with Gasteiger partial charge in [0.25, 0.3) is 0 Å². The predicted octanol–water partition coefficient (Wildman–Crippen LogP) is -5.10. The van der Waals surface area contributed by atoms with Gasteiger partial charge < -0.3 is 26.1 Å². The summed E-state index contributed by atoms with van der Waals surface area (Å²) in [5.41, 5.74) is 0. The zero-order valence-corrected chi connectivity index (χ0v) is 9.06. The van der Waals surface area contributed by atoms with Crippen LogP contribution in [0.3, 0.4) is 0 Å². The molecule has 0 N–H and O–H groups in total. The largest absolute Gasteiger partial charge is 2.00 e. The van der Waals surface area contributed by atoms with Crippen LogP contribution >= 0.6 is 0 Å². The van der Waals surface area contributed by atoms with Crippen molar-refractivity contribution in [3.63, 3.8) is 0 Å². The topological polar surface area (TPSA) is 80.3 Å². The van der Waals surface area contributed by atoms with Crippen molar-refractivity contribution in [3.8, 4) is 0 Å². The predicted molar refractivity (Wildman–Crippen MR) is 22.0 cm³/mol. The molecular weight excluding hydrogens is 225 g/mol. The van der Waals surface area contributed by atoms with Gasteiger partial charge in [0.1, 0.15) is 0 Å². The van der Waals surface area contributed by atoms with Gasteiger partial charge in [0, 0.05) is 10.4 Å². The minimum absolute atomic E-state index is 0. The van der Waals surface area contributed by atoms with E-state index in [1.54, 1.807) is 0 Å². The van der Waals surface area contributed by atoms with Gasteiger partial charge in [-0.3, -0.25) is 8.42 Å². The van der Waals surface area contributed by atoms with Gasteiger partial charge in [-0.15, -0.1) is 0 Å². The van der Waals surface area contributed by atoms with Crippen LogP contribution in [0.5, 0.6) is 0 Å². The zero-order chi connectivity index (χ0) is 4.50. The molecule has 0 aromatic heterocycles. The minimum Gasteiger partial charge on any atom is -1.00 e. The Kier molecular flexibility index (Phi) is 25.0.